The van der Waals surface area contributed by atoms with E-state index in [2.05, 4.69) is 30.6 Å². The van der Waals surface area contributed by atoms with Crippen molar-refractivity contribution in [3.63, 3.8) is 0 Å². The molecule has 0 bridgehead atoms. The average Bonchev–Trinajstić information content (AvgIpc) is 3.44. The van der Waals surface area contributed by atoms with Crippen LogP contribution in [0.4, 0.5) is 25.2 Å². The van der Waals surface area contributed by atoms with Crippen molar-refractivity contribution < 1.29 is 23.1 Å². The summed E-state index contributed by atoms with van der Waals surface area (Å²) in [6.07, 6.45) is 7.31. The number of likely N-dealkylation sites (tertiary alicyclic amines) is 2. The van der Waals surface area contributed by atoms with Crippen LogP contribution in [0.25, 0.3) is 0 Å². The standard InChI is InChI=1S/C31H37ClF2N8O3/c1-30(39-27(43)24-15-31(24,33)34)9-13-40(14-10-30)19-26-25(32)17-35-28(38-26)37-22-16-36-42(18-22)23-7-11-41(12-8-23)29(44)45-20-21-5-3-2-4-6-21/h2-6,16-18,23-24H,7-15,19-20H2,1H3,(H,39,43)(H,35,37,38)/t24-/m0/s1. The van der Waals surface area contributed by atoms with Gasteiger partial charge >= 0.3 is 6.09 Å². The SMILES string of the molecule is CC1(NC(=O)[C@@H]2CC2(F)F)CCN(Cc2nc(Nc3cnn(C4CCN(C(=O)OCc5ccccc5)CC4)c3)ncc2Cl)CC1. The summed E-state index contributed by atoms with van der Waals surface area (Å²) >= 11 is 6.44. The number of nitrogens with one attached hydrogen (secondary N) is 2. The minimum absolute atomic E-state index is 0.149. The van der Waals surface area contributed by atoms with E-state index in [1.807, 2.05) is 48.1 Å². The number of hydrogen-bond acceptors (Lipinski definition) is 8. The molecule has 1 saturated carbocycles. The van der Waals surface area contributed by atoms with E-state index >= 15 is 0 Å². The maximum atomic E-state index is 13.3. The molecular formula is C31H37ClF2N8O3. The summed E-state index contributed by atoms with van der Waals surface area (Å²) in [7, 11) is 0. The van der Waals surface area contributed by atoms with Gasteiger partial charge in [-0.15, -0.1) is 0 Å². The van der Waals surface area contributed by atoms with Crippen molar-refractivity contribution >= 4 is 35.2 Å². The first kappa shape index (κ1) is 31.2. The molecule has 3 fully saturated rings. The minimum atomic E-state index is -2.87. The van der Waals surface area contributed by atoms with Crippen LogP contribution in [0.15, 0.2) is 48.9 Å². The summed E-state index contributed by atoms with van der Waals surface area (Å²) < 4.78 is 34.0. The minimum Gasteiger partial charge on any atom is -0.445 e. The molecule has 4 heterocycles. The Labute approximate surface area is 265 Å². The molecule has 1 atom stereocenters. The highest BCUT2D eigenvalue weighted by atomic mass is 35.5. The fraction of sp³-hybridized carbons (Fsp3) is 0.516. The molecule has 2 saturated heterocycles. The summed E-state index contributed by atoms with van der Waals surface area (Å²) in [6.45, 7) is 5.16. The highest BCUT2D eigenvalue weighted by Crippen LogP contribution is 2.49. The second kappa shape index (κ2) is 12.9. The second-order valence-corrected chi connectivity index (χ2v) is 12.8. The molecule has 1 aliphatic carbocycles. The molecule has 11 nitrogen and oxygen atoms in total. The maximum Gasteiger partial charge on any atom is 0.410 e. The van der Waals surface area contributed by atoms with Gasteiger partial charge in [0.1, 0.15) is 12.5 Å². The van der Waals surface area contributed by atoms with Crippen molar-refractivity contribution in [2.45, 2.75) is 69.7 Å². The zero-order chi connectivity index (χ0) is 31.6. The van der Waals surface area contributed by atoms with E-state index in [1.54, 1.807) is 17.3 Å². The maximum absolute atomic E-state index is 13.3. The van der Waals surface area contributed by atoms with Gasteiger partial charge in [0, 0.05) is 50.9 Å². The molecule has 2 amide bonds. The van der Waals surface area contributed by atoms with E-state index < -0.39 is 23.3 Å². The summed E-state index contributed by atoms with van der Waals surface area (Å²) in [4.78, 5) is 37.6. The van der Waals surface area contributed by atoms with Gasteiger partial charge in [0.25, 0.3) is 5.92 Å². The van der Waals surface area contributed by atoms with Crippen molar-refractivity contribution in [3.05, 3.63) is 65.2 Å². The number of amides is 2. The molecule has 2 aliphatic heterocycles. The van der Waals surface area contributed by atoms with Crippen molar-refractivity contribution in [2.75, 3.05) is 31.5 Å². The van der Waals surface area contributed by atoms with Gasteiger partial charge in [-0.1, -0.05) is 41.9 Å². The second-order valence-electron chi connectivity index (χ2n) is 12.4. The number of piperidine rings is 2. The summed E-state index contributed by atoms with van der Waals surface area (Å²) in [5, 5.41) is 11.0. The van der Waals surface area contributed by atoms with Crippen molar-refractivity contribution in [1.29, 1.82) is 0 Å². The third kappa shape index (κ3) is 7.70. The van der Waals surface area contributed by atoms with Crippen LogP contribution in [0.1, 0.15) is 56.3 Å². The zero-order valence-electron chi connectivity index (χ0n) is 25.1. The molecule has 14 heteroatoms. The number of anilines is 2. The fourth-order valence-electron chi connectivity index (χ4n) is 5.85. The molecule has 240 valence electrons. The largest absolute Gasteiger partial charge is 0.445 e. The zero-order valence-corrected chi connectivity index (χ0v) is 25.8. The van der Waals surface area contributed by atoms with Crippen LogP contribution in [0.2, 0.25) is 5.02 Å². The predicted molar refractivity (Wildman–Crippen MR) is 163 cm³/mol. The van der Waals surface area contributed by atoms with E-state index in [-0.39, 0.29) is 25.2 Å². The molecule has 0 spiro atoms. The van der Waals surface area contributed by atoms with E-state index in [1.165, 1.54) is 0 Å². The number of hydrogen-bond donors (Lipinski definition) is 2. The molecule has 1 aromatic carbocycles. The quantitative estimate of drug-likeness (QED) is 0.328. The summed E-state index contributed by atoms with van der Waals surface area (Å²) in [6, 6.07) is 9.77. The van der Waals surface area contributed by atoms with Gasteiger partial charge in [0.15, 0.2) is 0 Å². The average molecular weight is 643 g/mol. The molecule has 3 aromatic rings. The highest BCUT2D eigenvalue weighted by molar-refractivity contribution is 6.31. The van der Waals surface area contributed by atoms with Crippen molar-refractivity contribution in [1.82, 2.24) is 34.9 Å². The molecule has 3 aliphatic rings. The van der Waals surface area contributed by atoms with E-state index in [0.717, 1.165) is 24.1 Å². The first-order valence-electron chi connectivity index (χ1n) is 15.3. The van der Waals surface area contributed by atoms with Crippen molar-refractivity contribution in [2.24, 2.45) is 5.92 Å². The number of rotatable bonds is 9. The first-order valence-corrected chi connectivity index (χ1v) is 15.7. The first-order chi connectivity index (χ1) is 21.6. The van der Waals surface area contributed by atoms with Crippen LogP contribution in [0.3, 0.4) is 0 Å². The number of carbonyl (C=O) groups is 2. The Kier molecular flexibility index (Phi) is 8.91. The number of nitrogens with zero attached hydrogens (tertiary/aromatic N) is 6. The van der Waals surface area contributed by atoms with Crippen LogP contribution >= 0.6 is 11.6 Å². The van der Waals surface area contributed by atoms with E-state index in [4.69, 9.17) is 16.3 Å². The predicted octanol–water partition coefficient (Wildman–Crippen LogP) is 5.17. The Hall–Kier alpha value is -3.84. The van der Waals surface area contributed by atoms with Gasteiger partial charge in [0.2, 0.25) is 11.9 Å². The van der Waals surface area contributed by atoms with E-state index in [9.17, 15) is 18.4 Å². The molecule has 0 radical (unpaired) electrons. The van der Waals surface area contributed by atoms with Crippen LogP contribution in [-0.2, 0) is 22.7 Å². The lowest BCUT2D eigenvalue weighted by molar-refractivity contribution is -0.126. The lowest BCUT2D eigenvalue weighted by Crippen LogP contribution is -2.53. The Morgan fingerprint density at radius 3 is 2.49 bits per heavy atom. The Bertz CT molecular complexity index is 1510. The molecule has 0 unspecified atom stereocenters. The van der Waals surface area contributed by atoms with Gasteiger partial charge in [0.05, 0.1) is 34.8 Å². The highest BCUT2D eigenvalue weighted by Gasteiger charge is 2.61. The fourth-order valence-corrected chi connectivity index (χ4v) is 6.00. The Morgan fingerprint density at radius 1 is 1.09 bits per heavy atom. The molecule has 2 N–H and O–H groups in total. The number of carbonyl (C=O) groups excluding carboxylic acids is 2. The van der Waals surface area contributed by atoms with Crippen molar-refractivity contribution in [3.8, 4) is 0 Å². The van der Waals surface area contributed by atoms with Crippen LogP contribution in [0.5, 0.6) is 0 Å². The van der Waals surface area contributed by atoms with E-state index in [0.29, 0.717) is 62.2 Å². The lowest BCUT2D eigenvalue weighted by atomic mass is 9.89. The number of ether oxygens (including phenoxy) is 1. The number of aromatic nitrogens is 4. The lowest BCUT2D eigenvalue weighted by Gasteiger charge is -2.40. The van der Waals surface area contributed by atoms with Gasteiger partial charge in [-0.3, -0.25) is 14.4 Å². The van der Waals surface area contributed by atoms with Gasteiger partial charge in [-0.2, -0.15) is 5.10 Å². The van der Waals surface area contributed by atoms with Crippen LogP contribution in [-0.4, -0.2) is 79.2 Å². The molecule has 6 rings (SSSR count). The molecule has 45 heavy (non-hydrogen) atoms. The summed E-state index contributed by atoms with van der Waals surface area (Å²) in [5.74, 6) is -4.23. The normalized spacial score (nSPS) is 21.2. The van der Waals surface area contributed by atoms with Gasteiger partial charge in [-0.25, -0.2) is 23.5 Å². The smallest absolute Gasteiger partial charge is 0.410 e. The summed E-state index contributed by atoms with van der Waals surface area (Å²) in [5.41, 5.74) is 1.84. The Balaban J connectivity index is 0.969. The van der Waals surface area contributed by atoms with Crippen LogP contribution in [0, 0.1) is 5.92 Å². The third-order valence-electron chi connectivity index (χ3n) is 8.88. The van der Waals surface area contributed by atoms with Crippen LogP contribution < -0.4 is 10.6 Å². The number of benzene rings is 1. The van der Waals surface area contributed by atoms with Gasteiger partial charge in [-0.05, 0) is 38.2 Å². The number of halogens is 3. The van der Waals surface area contributed by atoms with Gasteiger partial charge < -0.3 is 20.3 Å². The Morgan fingerprint density at radius 2 is 1.80 bits per heavy atom. The monoisotopic (exact) mass is 642 g/mol. The molecular weight excluding hydrogens is 606 g/mol. The molecule has 2 aromatic heterocycles. The topological polar surface area (TPSA) is 118 Å². The number of alkyl halides is 2. The third-order valence-corrected chi connectivity index (χ3v) is 9.19.